The second kappa shape index (κ2) is 10.6. The number of thioether (sulfide) groups is 2. The highest BCUT2D eigenvalue weighted by atomic mass is 32.2. The fourth-order valence-corrected chi connectivity index (χ4v) is 4.29. The van der Waals surface area contributed by atoms with Crippen molar-refractivity contribution in [3.63, 3.8) is 0 Å². The molecule has 0 aliphatic rings. The van der Waals surface area contributed by atoms with Gasteiger partial charge in [-0.1, -0.05) is 47.9 Å². The Morgan fingerprint density at radius 3 is 2.77 bits per heavy atom. The third-order valence-electron chi connectivity index (χ3n) is 2.35. The number of carbonyl (C=O) groups excluding carboxylic acids is 2. The highest BCUT2D eigenvalue weighted by molar-refractivity contribution is 8.04. The SMILES string of the molecule is C=CCNC(=O)[C@H](C)Sc1nnc(SCC(=O)NCCC)s1. The summed E-state index contributed by atoms with van der Waals surface area (Å²) in [5.74, 6) is 0.260. The van der Waals surface area contributed by atoms with E-state index in [0.717, 1.165) is 15.1 Å². The molecule has 1 aromatic rings. The molecule has 1 rings (SSSR count). The average molecular weight is 361 g/mol. The highest BCUT2D eigenvalue weighted by Gasteiger charge is 2.16. The molecule has 0 aromatic carbocycles. The minimum atomic E-state index is -0.251. The largest absolute Gasteiger partial charge is 0.355 e. The first kappa shape index (κ1) is 19.0. The standard InChI is InChI=1S/C13H20N4O2S3/c1-4-6-14-10(18)8-20-12-16-17-13(22-12)21-9(3)11(19)15-7-5-2/h5,9H,2,4,6-8H2,1,3H3,(H,14,18)(H,15,19)/t9-/m0/s1. The molecule has 0 unspecified atom stereocenters. The highest BCUT2D eigenvalue weighted by Crippen LogP contribution is 2.31. The number of nitrogens with zero attached hydrogens (tertiary/aromatic N) is 2. The van der Waals surface area contributed by atoms with Crippen LogP contribution in [-0.4, -0.2) is 46.1 Å². The lowest BCUT2D eigenvalue weighted by Gasteiger charge is -2.07. The molecule has 0 fully saturated rings. The van der Waals surface area contributed by atoms with Crippen molar-refractivity contribution in [3.8, 4) is 0 Å². The number of nitrogens with one attached hydrogen (secondary N) is 2. The average Bonchev–Trinajstić information content (AvgIpc) is 2.95. The maximum Gasteiger partial charge on any atom is 0.233 e. The van der Waals surface area contributed by atoms with Crippen LogP contribution in [0.4, 0.5) is 0 Å². The summed E-state index contributed by atoms with van der Waals surface area (Å²) in [6, 6.07) is 0. The molecule has 1 heterocycles. The van der Waals surface area contributed by atoms with Crippen LogP contribution >= 0.6 is 34.9 Å². The third kappa shape index (κ3) is 7.28. The molecular formula is C13H20N4O2S3. The summed E-state index contributed by atoms with van der Waals surface area (Å²) in [5.41, 5.74) is 0. The molecule has 1 aromatic heterocycles. The molecule has 0 radical (unpaired) electrons. The zero-order chi connectivity index (χ0) is 16.4. The first-order valence-electron chi connectivity index (χ1n) is 6.85. The van der Waals surface area contributed by atoms with E-state index >= 15 is 0 Å². The zero-order valence-electron chi connectivity index (χ0n) is 12.6. The van der Waals surface area contributed by atoms with Crippen molar-refractivity contribution in [2.24, 2.45) is 0 Å². The van der Waals surface area contributed by atoms with Crippen molar-refractivity contribution < 1.29 is 9.59 Å². The van der Waals surface area contributed by atoms with Gasteiger partial charge in [-0.2, -0.15) is 0 Å². The Balaban J connectivity index is 2.39. The van der Waals surface area contributed by atoms with Crippen molar-refractivity contribution in [1.82, 2.24) is 20.8 Å². The summed E-state index contributed by atoms with van der Waals surface area (Å²) in [6.45, 7) is 8.52. The zero-order valence-corrected chi connectivity index (χ0v) is 15.1. The van der Waals surface area contributed by atoms with Crippen LogP contribution in [-0.2, 0) is 9.59 Å². The van der Waals surface area contributed by atoms with Gasteiger partial charge in [0, 0.05) is 13.1 Å². The molecule has 0 spiro atoms. The van der Waals surface area contributed by atoms with Gasteiger partial charge in [0.05, 0.1) is 11.0 Å². The van der Waals surface area contributed by atoms with Gasteiger partial charge in [0.25, 0.3) is 0 Å². The molecule has 0 aliphatic carbocycles. The van der Waals surface area contributed by atoms with Crippen LogP contribution < -0.4 is 10.6 Å². The van der Waals surface area contributed by atoms with Gasteiger partial charge in [0.15, 0.2) is 8.68 Å². The number of hydrogen-bond donors (Lipinski definition) is 2. The fraction of sp³-hybridized carbons (Fsp3) is 0.538. The normalized spacial score (nSPS) is 11.7. The van der Waals surface area contributed by atoms with E-state index < -0.39 is 0 Å². The Bertz CT molecular complexity index is 507. The van der Waals surface area contributed by atoms with Crippen LogP contribution in [0.25, 0.3) is 0 Å². The Morgan fingerprint density at radius 2 is 2.09 bits per heavy atom. The van der Waals surface area contributed by atoms with Crippen LogP contribution in [0, 0.1) is 0 Å². The van der Waals surface area contributed by atoms with Crippen molar-refractivity contribution >= 4 is 46.7 Å². The smallest absolute Gasteiger partial charge is 0.233 e. The summed E-state index contributed by atoms with van der Waals surface area (Å²) >= 11 is 4.10. The minimum absolute atomic E-state index is 0.00609. The lowest BCUT2D eigenvalue weighted by atomic mass is 10.4. The van der Waals surface area contributed by atoms with Crippen molar-refractivity contribution in [3.05, 3.63) is 12.7 Å². The van der Waals surface area contributed by atoms with Gasteiger partial charge in [-0.3, -0.25) is 9.59 Å². The molecule has 6 nitrogen and oxygen atoms in total. The van der Waals surface area contributed by atoms with Gasteiger partial charge in [-0.25, -0.2) is 0 Å². The molecule has 122 valence electrons. The number of hydrogen-bond acceptors (Lipinski definition) is 7. The van der Waals surface area contributed by atoms with E-state index in [2.05, 4.69) is 27.4 Å². The second-order valence-electron chi connectivity index (χ2n) is 4.27. The number of aromatic nitrogens is 2. The molecule has 9 heteroatoms. The van der Waals surface area contributed by atoms with E-state index in [1.165, 1.54) is 34.9 Å². The first-order chi connectivity index (χ1) is 10.6. The maximum absolute atomic E-state index is 11.7. The Kier molecular flexibility index (Phi) is 9.17. The first-order valence-corrected chi connectivity index (χ1v) is 9.53. The lowest BCUT2D eigenvalue weighted by Crippen LogP contribution is -2.30. The molecule has 0 bridgehead atoms. The quantitative estimate of drug-likeness (QED) is 0.490. The van der Waals surface area contributed by atoms with Crippen LogP contribution in [0.1, 0.15) is 20.3 Å². The van der Waals surface area contributed by atoms with Gasteiger partial charge in [-0.05, 0) is 13.3 Å². The maximum atomic E-state index is 11.7. The molecule has 2 N–H and O–H groups in total. The monoisotopic (exact) mass is 360 g/mol. The molecule has 0 saturated carbocycles. The summed E-state index contributed by atoms with van der Waals surface area (Å²) in [5, 5.41) is 13.4. The summed E-state index contributed by atoms with van der Waals surface area (Å²) in [6.07, 6.45) is 2.56. The van der Waals surface area contributed by atoms with E-state index in [0.29, 0.717) is 18.8 Å². The Labute approximate surface area is 142 Å². The van der Waals surface area contributed by atoms with E-state index in [9.17, 15) is 9.59 Å². The lowest BCUT2D eigenvalue weighted by molar-refractivity contribution is -0.120. The van der Waals surface area contributed by atoms with E-state index in [1.807, 2.05) is 13.8 Å². The van der Waals surface area contributed by atoms with Crippen molar-refractivity contribution in [2.75, 3.05) is 18.8 Å². The molecule has 0 aliphatic heterocycles. The third-order valence-corrected chi connectivity index (χ3v) is 5.60. The van der Waals surface area contributed by atoms with Crippen molar-refractivity contribution in [1.29, 1.82) is 0 Å². The number of rotatable bonds is 10. The van der Waals surface area contributed by atoms with E-state index in [-0.39, 0.29) is 17.1 Å². The Hall–Kier alpha value is -1.06. The van der Waals surface area contributed by atoms with Gasteiger partial charge in [0.2, 0.25) is 11.8 Å². The van der Waals surface area contributed by atoms with Crippen LogP contribution in [0.5, 0.6) is 0 Å². The van der Waals surface area contributed by atoms with Crippen LogP contribution in [0.15, 0.2) is 21.3 Å². The molecule has 2 amide bonds. The van der Waals surface area contributed by atoms with Crippen LogP contribution in [0.2, 0.25) is 0 Å². The summed E-state index contributed by atoms with van der Waals surface area (Å²) in [7, 11) is 0. The molecule has 0 saturated heterocycles. The van der Waals surface area contributed by atoms with Crippen molar-refractivity contribution in [2.45, 2.75) is 34.2 Å². The van der Waals surface area contributed by atoms with Gasteiger partial charge in [0.1, 0.15) is 0 Å². The fourth-order valence-electron chi connectivity index (χ4n) is 1.27. The molecule has 1 atom stereocenters. The number of amides is 2. The van der Waals surface area contributed by atoms with Gasteiger partial charge < -0.3 is 10.6 Å². The topological polar surface area (TPSA) is 84.0 Å². The Morgan fingerprint density at radius 1 is 1.36 bits per heavy atom. The van der Waals surface area contributed by atoms with Crippen LogP contribution in [0.3, 0.4) is 0 Å². The van der Waals surface area contributed by atoms with Gasteiger partial charge >= 0.3 is 0 Å². The second-order valence-corrected chi connectivity index (χ2v) is 8.05. The van der Waals surface area contributed by atoms with E-state index in [1.54, 1.807) is 6.08 Å². The predicted octanol–water partition coefficient (Wildman–Crippen LogP) is 1.94. The molecular weight excluding hydrogens is 340 g/mol. The molecule has 22 heavy (non-hydrogen) atoms. The summed E-state index contributed by atoms with van der Waals surface area (Å²) < 4.78 is 1.45. The van der Waals surface area contributed by atoms with E-state index in [4.69, 9.17) is 0 Å². The number of carbonyl (C=O) groups is 2. The predicted molar refractivity (Wildman–Crippen MR) is 92.5 cm³/mol. The summed E-state index contributed by atoms with van der Waals surface area (Å²) in [4.78, 5) is 23.3. The minimum Gasteiger partial charge on any atom is -0.355 e. The van der Waals surface area contributed by atoms with Gasteiger partial charge in [-0.15, -0.1) is 16.8 Å².